The molecule has 0 aliphatic rings. The second kappa shape index (κ2) is 7.61. The summed E-state index contributed by atoms with van der Waals surface area (Å²) in [6, 6.07) is 7.14. The van der Waals surface area contributed by atoms with Crippen LogP contribution in [-0.4, -0.2) is 36.8 Å². The largest absolute Gasteiger partial charge is 0.335 e. The number of aromatic nitrogens is 5. The summed E-state index contributed by atoms with van der Waals surface area (Å²) in [4.78, 5) is 20.8. The minimum absolute atomic E-state index is 0.0535. The molecule has 3 aromatic rings. The predicted octanol–water partition coefficient (Wildman–Crippen LogP) is 3.21. The molecule has 142 valence electrons. The molecule has 2 heterocycles. The molecule has 0 radical (unpaired) electrons. The number of nitrogens with one attached hydrogen (secondary N) is 3. The summed E-state index contributed by atoms with van der Waals surface area (Å²) in [5, 5.41) is 12.9. The van der Waals surface area contributed by atoms with Gasteiger partial charge in [-0.2, -0.15) is 5.10 Å². The van der Waals surface area contributed by atoms with Crippen molar-refractivity contribution < 1.29 is 4.79 Å². The SMILES string of the molecule is Cc1nc(-c2ccc(NC(=O)N[C@@H](Cn3ccnc3)C(C)(C)C)cc2)n[nH]1. The molecule has 3 N–H and O–H groups in total. The van der Waals surface area contributed by atoms with Gasteiger partial charge in [0, 0.05) is 30.2 Å². The Morgan fingerprint density at radius 3 is 2.56 bits per heavy atom. The normalized spacial score (nSPS) is 12.6. The van der Waals surface area contributed by atoms with E-state index in [0.717, 1.165) is 11.4 Å². The third kappa shape index (κ3) is 4.93. The first-order chi connectivity index (χ1) is 12.8. The lowest BCUT2D eigenvalue weighted by atomic mass is 9.86. The van der Waals surface area contributed by atoms with E-state index >= 15 is 0 Å². The average molecular weight is 367 g/mol. The number of imidazole rings is 1. The number of hydrogen-bond acceptors (Lipinski definition) is 4. The lowest BCUT2D eigenvalue weighted by molar-refractivity contribution is 0.219. The predicted molar refractivity (Wildman–Crippen MR) is 104 cm³/mol. The number of hydrogen-bond donors (Lipinski definition) is 3. The maximum absolute atomic E-state index is 12.5. The van der Waals surface area contributed by atoms with Gasteiger partial charge >= 0.3 is 6.03 Å². The van der Waals surface area contributed by atoms with Crippen LogP contribution in [-0.2, 0) is 6.54 Å². The number of nitrogens with zero attached hydrogens (tertiary/aromatic N) is 4. The Labute approximate surface area is 158 Å². The fraction of sp³-hybridized carbons (Fsp3) is 0.368. The molecule has 0 aliphatic heterocycles. The molecule has 1 aromatic carbocycles. The summed E-state index contributed by atoms with van der Waals surface area (Å²) >= 11 is 0. The maximum atomic E-state index is 12.5. The van der Waals surface area contributed by atoms with Crippen molar-refractivity contribution in [2.75, 3.05) is 5.32 Å². The van der Waals surface area contributed by atoms with Crippen molar-refractivity contribution in [3.63, 3.8) is 0 Å². The highest BCUT2D eigenvalue weighted by Gasteiger charge is 2.26. The monoisotopic (exact) mass is 367 g/mol. The van der Waals surface area contributed by atoms with Crippen LogP contribution in [0, 0.1) is 12.3 Å². The van der Waals surface area contributed by atoms with Crippen LogP contribution in [0.3, 0.4) is 0 Å². The number of anilines is 1. The van der Waals surface area contributed by atoms with Gasteiger partial charge in [-0.15, -0.1) is 0 Å². The Morgan fingerprint density at radius 1 is 1.26 bits per heavy atom. The van der Waals surface area contributed by atoms with Crippen LogP contribution in [0.2, 0.25) is 0 Å². The summed E-state index contributed by atoms with van der Waals surface area (Å²) in [5.41, 5.74) is 1.49. The lowest BCUT2D eigenvalue weighted by Gasteiger charge is -2.31. The van der Waals surface area contributed by atoms with Crippen LogP contribution >= 0.6 is 0 Å². The van der Waals surface area contributed by atoms with Gasteiger partial charge in [-0.25, -0.2) is 14.8 Å². The van der Waals surface area contributed by atoms with Gasteiger partial charge in [-0.05, 0) is 36.6 Å². The average Bonchev–Trinajstić information content (AvgIpc) is 3.26. The van der Waals surface area contributed by atoms with Crippen LogP contribution in [0.25, 0.3) is 11.4 Å². The third-order valence-corrected chi connectivity index (χ3v) is 4.30. The number of rotatable bonds is 5. The Balaban J connectivity index is 1.63. The molecule has 27 heavy (non-hydrogen) atoms. The van der Waals surface area contributed by atoms with Gasteiger partial charge in [0.15, 0.2) is 5.82 Å². The smallest absolute Gasteiger partial charge is 0.319 e. The van der Waals surface area contributed by atoms with E-state index in [1.165, 1.54) is 0 Å². The minimum Gasteiger partial charge on any atom is -0.335 e. The van der Waals surface area contributed by atoms with Crippen LogP contribution in [0.5, 0.6) is 0 Å². The second-order valence-corrected chi connectivity index (χ2v) is 7.60. The zero-order valence-electron chi connectivity index (χ0n) is 16.0. The van der Waals surface area contributed by atoms with E-state index in [-0.39, 0.29) is 17.5 Å². The topological polar surface area (TPSA) is 101 Å². The maximum Gasteiger partial charge on any atom is 0.319 e. The van der Waals surface area contributed by atoms with E-state index in [9.17, 15) is 4.79 Å². The number of aromatic amines is 1. The number of amides is 2. The molecule has 0 fully saturated rings. The molecule has 3 rings (SSSR count). The lowest BCUT2D eigenvalue weighted by Crippen LogP contribution is -2.47. The molecule has 0 bridgehead atoms. The summed E-state index contributed by atoms with van der Waals surface area (Å²) in [5.74, 6) is 1.40. The highest BCUT2D eigenvalue weighted by atomic mass is 16.2. The Morgan fingerprint density at radius 2 is 2.00 bits per heavy atom. The minimum atomic E-state index is -0.239. The van der Waals surface area contributed by atoms with Crippen molar-refractivity contribution >= 4 is 11.7 Å². The van der Waals surface area contributed by atoms with E-state index in [4.69, 9.17) is 0 Å². The molecule has 0 saturated heterocycles. The number of H-pyrrole nitrogens is 1. The van der Waals surface area contributed by atoms with Gasteiger partial charge in [0.25, 0.3) is 0 Å². The van der Waals surface area contributed by atoms with Crippen molar-refractivity contribution in [3.05, 3.63) is 48.8 Å². The fourth-order valence-electron chi connectivity index (χ4n) is 2.64. The van der Waals surface area contributed by atoms with Crippen molar-refractivity contribution in [2.24, 2.45) is 5.41 Å². The Bertz CT molecular complexity index is 876. The number of carbonyl (C=O) groups excluding carboxylic acids is 1. The van der Waals surface area contributed by atoms with Crippen molar-refractivity contribution in [1.29, 1.82) is 0 Å². The van der Waals surface area contributed by atoms with E-state index in [1.807, 2.05) is 42.0 Å². The molecular formula is C19H25N7O. The first-order valence-electron chi connectivity index (χ1n) is 8.84. The Kier molecular flexibility index (Phi) is 5.25. The van der Waals surface area contributed by atoms with E-state index in [1.54, 1.807) is 12.5 Å². The van der Waals surface area contributed by atoms with Crippen molar-refractivity contribution in [2.45, 2.75) is 40.3 Å². The molecular weight excluding hydrogens is 342 g/mol. The highest BCUT2D eigenvalue weighted by molar-refractivity contribution is 5.89. The summed E-state index contributed by atoms with van der Waals surface area (Å²) in [7, 11) is 0. The van der Waals surface area contributed by atoms with E-state index < -0.39 is 0 Å². The van der Waals surface area contributed by atoms with Gasteiger partial charge in [0.05, 0.1) is 12.4 Å². The van der Waals surface area contributed by atoms with Crippen LogP contribution in [0.15, 0.2) is 43.0 Å². The van der Waals surface area contributed by atoms with Crippen LogP contribution < -0.4 is 10.6 Å². The molecule has 8 nitrogen and oxygen atoms in total. The summed E-state index contributed by atoms with van der Waals surface area (Å²) < 4.78 is 1.96. The third-order valence-electron chi connectivity index (χ3n) is 4.30. The molecule has 0 saturated carbocycles. The van der Waals surface area contributed by atoms with E-state index in [0.29, 0.717) is 18.1 Å². The number of aryl methyl sites for hydroxylation is 1. The van der Waals surface area contributed by atoms with Crippen LogP contribution in [0.1, 0.15) is 26.6 Å². The first kappa shape index (κ1) is 18.6. The fourth-order valence-corrected chi connectivity index (χ4v) is 2.64. The van der Waals surface area contributed by atoms with Crippen molar-refractivity contribution in [1.82, 2.24) is 30.0 Å². The molecule has 1 atom stereocenters. The molecule has 0 spiro atoms. The second-order valence-electron chi connectivity index (χ2n) is 7.60. The standard InChI is InChI=1S/C19H25N7O/c1-13-21-17(25-24-13)14-5-7-15(8-6-14)22-18(27)23-16(19(2,3)4)11-26-10-9-20-12-26/h5-10,12,16H,11H2,1-4H3,(H,21,24,25)(H2,22,23,27)/t16-/m0/s1. The number of carbonyl (C=O) groups is 1. The molecule has 2 amide bonds. The number of urea groups is 1. The van der Waals surface area contributed by atoms with Gasteiger partial charge in [-0.1, -0.05) is 20.8 Å². The zero-order valence-corrected chi connectivity index (χ0v) is 16.0. The van der Waals surface area contributed by atoms with E-state index in [2.05, 4.69) is 51.6 Å². The Hall–Kier alpha value is -3.16. The van der Waals surface area contributed by atoms with Gasteiger partial charge < -0.3 is 15.2 Å². The van der Waals surface area contributed by atoms with Crippen molar-refractivity contribution in [3.8, 4) is 11.4 Å². The molecule has 0 unspecified atom stereocenters. The molecule has 2 aromatic heterocycles. The van der Waals surface area contributed by atoms with Gasteiger partial charge in [0.1, 0.15) is 5.82 Å². The quantitative estimate of drug-likeness (QED) is 0.644. The van der Waals surface area contributed by atoms with Gasteiger partial charge in [-0.3, -0.25) is 5.10 Å². The summed E-state index contributed by atoms with van der Waals surface area (Å²) in [6.07, 6.45) is 5.38. The number of benzene rings is 1. The molecule has 8 heteroatoms. The highest BCUT2D eigenvalue weighted by Crippen LogP contribution is 2.21. The first-order valence-corrected chi connectivity index (χ1v) is 8.84. The molecule has 0 aliphatic carbocycles. The van der Waals surface area contributed by atoms with Gasteiger partial charge in [0.2, 0.25) is 0 Å². The zero-order chi connectivity index (χ0) is 19.4. The van der Waals surface area contributed by atoms with Crippen LogP contribution in [0.4, 0.5) is 10.5 Å². The summed E-state index contributed by atoms with van der Waals surface area (Å²) in [6.45, 7) is 8.81.